The van der Waals surface area contributed by atoms with Crippen LogP contribution in [0.4, 0.5) is 13.6 Å². The van der Waals surface area contributed by atoms with Crippen molar-refractivity contribution in [3.05, 3.63) is 52.9 Å². The molecule has 0 aliphatic carbocycles. The summed E-state index contributed by atoms with van der Waals surface area (Å²) in [6.45, 7) is 6.26. The fourth-order valence-electron chi connectivity index (χ4n) is 4.28. The molecule has 2 aromatic rings. The second-order valence-corrected chi connectivity index (χ2v) is 11.5. The summed E-state index contributed by atoms with van der Waals surface area (Å²) in [6, 6.07) is 2.27. The molecule has 1 aromatic carbocycles. The number of hydrogen-bond donors (Lipinski definition) is 1. The normalized spacial score (nSPS) is 23.5. The van der Waals surface area contributed by atoms with Crippen LogP contribution in [0, 0.1) is 11.6 Å². The zero-order valence-corrected chi connectivity index (χ0v) is 20.2. The number of rotatable bonds is 4. The lowest BCUT2D eigenvalue weighted by Gasteiger charge is -2.40. The zero-order valence-electron chi connectivity index (χ0n) is 19.4. The number of carbonyl (C=O) groups is 1. The number of nitrogens with zero attached hydrogens (tertiary/aromatic N) is 3. The fourth-order valence-corrected chi connectivity index (χ4v) is 4.85. The first-order valence-corrected chi connectivity index (χ1v) is 12.7. The first-order chi connectivity index (χ1) is 15.8. The van der Waals surface area contributed by atoms with E-state index in [1.165, 1.54) is 6.20 Å². The molecule has 12 heteroatoms. The molecule has 0 radical (unpaired) electrons. The Morgan fingerprint density at radius 2 is 2.00 bits per heavy atom. The van der Waals surface area contributed by atoms with E-state index in [4.69, 9.17) is 9.47 Å². The lowest BCUT2D eigenvalue weighted by Crippen LogP contribution is -2.52. The number of fused-ring (bicyclic) bond motifs is 1. The molecule has 1 saturated heterocycles. The smallest absolute Gasteiger partial charge is 0.407 e. The molecule has 3 atom stereocenters. The Kier molecular flexibility index (Phi) is 6.42. The monoisotopic (exact) mass is 498 g/mol. The third-order valence-electron chi connectivity index (χ3n) is 5.77. The zero-order chi connectivity index (χ0) is 24.8. The van der Waals surface area contributed by atoms with Gasteiger partial charge in [-0.3, -0.25) is 4.90 Å². The molecule has 1 N–H and O–H groups in total. The molecule has 0 saturated carbocycles. The predicted molar refractivity (Wildman–Crippen MR) is 118 cm³/mol. The molecule has 34 heavy (non-hydrogen) atoms. The molecule has 9 nitrogen and oxygen atoms in total. The average molecular weight is 499 g/mol. The standard InChI is InChI=1S/C22H28F2N4O5S/c1-22(2,3)33-21(29)25-18-8-15(12-32-20(18)16-7-14(23)5-6-17(16)24)27-9-13-10-28(34(4,30)31)26-19(13)11-27/h5-7,10,15,18,20H,8-9,11-12H2,1-4H3,(H,25,29)/t15-,18+,20?/m1/s1. The van der Waals surface area contributed by atoms with Gasteiger partial charge in [0.2, 0.25) is 0 Å². The maximum atomic E-state index is 14.5. The summed E-state index contributed by atoms with van der Waals surface area (Å²) in [7, 11) is -3.47. The van der Waals surface area contributed by atoms with Crippen LogP contribution < -0.4 is 5.32 Å². The SMILES string of the molecule is CC(C)(C)OC(=O)N[C@H]1C[C@@H](N2Cc3cn(S(C)(=O)=O)nc3C2)COC1c1cc(F)ccc1F. The maximum Gasteiger partial charge on any atom is 0.407 e. The molecule has 1 amide bonds. The van der Waals surface area contributed by atoms with E-state index in [-0.39, 0.29) is 18.2 Å². The summed E-state index contributed by atoms with van der Waals surface area (Å²) in [6.07, 6.45) is 1.38. The molecule has 0 bridgehead atoms. The highest BCUT2D eigenvalue weighted by Gasteiger charge is 2.40. The number of halogens is 2. The summed E-state index contributed by atoms with van der Waals surface area (Å²) >= 11 is 0. The van der Waals surface area contributed by atoms with Gasteiger partial charge in [-0.15, -0.1) is 0 Å². The van der Waals surface area contributed by atoms with E-state index in [1.807, 2.05) is 0 Å². The molecular weight excluding hydrogens is 470 g/mol. The molecule has 4 rings (SSSR count). The van der Waals surface area contributed by atoms with Gasteiger partial charge >= 0.3 is 6.09 Å². The van der Waals surface area contributed by atoms with Crippen LogP contribution in [-0.4, -0.2) is 59.1 Å². The van der Waals surface area contributed by atoms with E-state index in [0.29, 0.717) is 25.2 Å². The molecule has 1 unspecified atom stereocenters. The van der Waals surface area contributed by atoms with Gasteiger partial charge in [0.1, 0.15) is 23.3 Å². The van der Waals surface area contributed by atoms with E-state index in [1.54, 1.807) is 20.8 Å². The van der Waals surface area contributed by atoms with Gasteiger partial charge in [0.15, 0.2) is 0 Å². The third kappa shape index (κ3) is 5.39. The average Bonchev–Trinajstić information content (AvgIpc) is 3.28. The highest BCUT2D eigenvalue weighted by molar-refractivity contribution is 7.89. The van der Waals surface area contributed by atoms with Gasteiger partial charge in [-0.1, -0.05) is 0 Å². The molecule has 2 aliphatic heterocycles. The Labute approximate surface area is 197 Å². The summed E-state index contributed by atoms with van der Waals surface area (Å²) < 4.78 is 64.2. The van der Waals surface area contributed by atoms with E-state index in [2.05, 4.69) is 15.3 Å². The highest BCUT2D eigenvalue weighted by Crippen LogP contribution is 2.35. The van der Waals surface area contributed by atoms with E-state index >= 15 is 0 Å². The van der Waals surface area contributed by atoms with Gasteiger partial charge in [-0.2, -0.15) is 9.19 Å². The quantitative estimate of drug-likeness (QED) is 0.692. The molecule has 3 heterocycles. The van der Waals surface area contributed by atoms with Crippen LogP contribution in [0.5, 0.6) is 0 Å². The number of carbonyl (C=O) groups excluding carboxylic acids is 1. The number of amides is 1. The number of benzene rings is 1. The van der Waals surface area contributed by atoms with E-state index < -0.39 is 45.5 Å². The van der Waals surface area contributed by atoms with Gasteiger partial charge in [0.25, 0.3) is 10.0 Å². The number of ether oxygens (including phenoxy) is 2. The summed E-state index contributed by atoms with van der Waals surface area (Å²) in [5, 5.41) is 6.93. The Bertz CT molecular complexity index is 1170. The van der Waals surface area contributed by atoms with Crippen LogP contribution in [0.15, 0.2) is 24.4 Å². The minimum Gasteiger partial charge on any atom is -0.444 e. The van der Waals surface area contributed by atoms with Crippen molar-refractivity contribution in [1.29, 1.82) is 0 Å². The molecule has 1 fully saturated rings. The van der Waals surface area contributed by atoms with Crippen molar-refractivity contribution in [2.45, 2.75) is 64.1 Å². The molecule has 1 aromatic heterocycles. The second kappa shape index (κ2) is 8.90. The van der Waals surface area contributed by atoms with Crippen LogP contribution >= 0.6 is 0 Å². The molecule has 2 aliphatic rings. The lowest BCUT2D eigenvalue weighted by atomic mass is 9.92. The van der Waals surface area contributed by atoms with Gasteiger partial charge in [0, 0.05) is 36.5 Å². The number of alkyl carbamates (subject to hydrolysis) is 1. The fraction of sp³-hybridized carbons (Fsp3) is 0.545. The van der Waals surface area contributed by atoms with Crippen LogP contribution in [0.3, 0.4) is 0 Å². The Morgan fingerprint density at radius 1 is 1.26 bits per heavy atom. The first kappa shape index (κ1) is 24.6. The summed E-state index contributed by atoms with van der Waals surface area (Å²) in [4.78, 5) is 14.6. The Balaban J connectivity index is 1.53. The van der Waals surface area contributed by atoms with Crippen molar-refractivity contribution in [2.75, 3.05) is 12.9 Å². The predicted octanol–water partition coefficient (Wildman–Crippen LogP) is 2.71. The summed E-state index contributed by atoms with van der Waals surface area (Å²) in [5.41, 5.74) is 0.732. The number of hydrogen-bond acceptors (Lipinski definition) is 7. The van der Waals surface area contributed by atoms with Crippen LogP contribution in [0.2, 0.25) is 0 Å². The first-order valence-electron chi connectivity index (χ1n) is 10.9. The second-order valence-electron chi connectivity index (χ2n) is 9.70. The largest absolute Gasteiger partial charge is 0.444 e. The minimum absolute atomic E-state index is 0.0219. The van der Waals surface area contributed by atoms with Crippen LogP contribution in [0.1, 0.15) is 50.1 Å². The minimum atomic E-state index is -3.47. The van der Waals surface area contributed by atoms with Crippen molar-refractivity contribution in [3.8, 4) is 0 Å². The maximum absolute atomic E-state index is 14.5. The van der Waals surface area contributed by atoms with Crippen molar-refractivity contribution in [2.24, 2.45) is 0 Å². The third-order valence-corrected chi connectivity index (χ3v) is 6.63. The van der Waals surface area contributed by atoms with Gasteiger partial charge in [0.05, 0.1) is 24.6 Å². The lowest BCUT2D eigenvalue weighted by molar-refractivity contribution is -0.0629. The van der Waals surface area contributed by atoms with Crippen molar-refractivity contribution in [1.82, 2.24) is 19.4 Å². The van der Waals surface area contributed by atoms with Gasteiger partial charge < -0.3 is 14.8 Å². The van der Waals surface area contributed by atoms with Crippen LogP contribution in [-0.2, 0) is 32.6 Å². The van der Waals surface area contributed by atoms with E-state index in [0.717, 1.165) is 34.1 Å². The topological polar surface area (TPSA) is 103 Å². The Hall–Kier alpha value is -2.57. The van der Waals surface area contributed by atoms with Gasteiger partial charge in [-0.05, 0) is 45.4 Å². The Morgan fingerprint density at radius 3 is 2.65 bits per heavy atom. The highest BCUT2D eigenvalue weighted by atomic mass is 32.2. The van der Waals surface area contributed by atoms with Gasteiger partial charge in [-0.25, -0.2) is 22.0 Å². The van der Waals surface area contributed by atoms with Crippen molar-refractivity contribution in [3.63, 3.8) is 0 Å². The summed E-state index contributed by atoms with van der Waals surface area (Å²) in [5.74, 6) is -1.23. The number of nitrogens with one attached hydrogen (secondary N) is 1. The molecular formula is C22H28F2N4O5S. The number of aromatic nitrogens is 2. The molecule has 186 valence electrons. The van der Waals surface area contributed by atoms with Crippen molar-refractivity contribution >= 4 is 16.1 Å². The van der Waals surface area contributed by atoms with E-state index in [9.17, 15) is 22.0 Å². The van der Waals surface area contributed by atoms with Crippen LogP contribution in [0.25, 0.3) is 0 Å². The van der Waals surface area contributed by atoms with Crippen molar-refractivity contribution < 1.29 is 31.5 Å². The molecule has 0 spiro atoms.